The van der Waals surface area contributed by atoms with Crippen LogP contribution in [0.5, 0.6) is 17.2 Å². The first kappa shape index (κ1) is 19.1. The molecule has 1 N–H and O–H groups in total. The minimum atomic E-state index is -0.349. The summed E-state index contributed by atoms with van der Waals surface area (Å²) in [6.07, 6.45) is 3.18. The average molecular weight is 383 g/mol. The SMILES string of the molecule is COc1ccc(-n2ccn(CC(=O)Nc3ccc(OC)cc3OC)c2=O)cc1. The quantitative estimate of drug-likeness (QED) is 0.677. The van der Waals surface area contributed by atoms with E-state index in [0.29, 0.717) is 28.6 Å². The van der Waals surface area contributed by atoms with Crippen LogP contribution in [-0.2, 0) is 11.3 Å². The third-order valence-electron chi connectivity index (χ3n) is 4.19. The van der Waals surface area contributed by atoms with Crippen LogP contribution in [0.3, 0.4) is 0 Å². The molecule has 0 saturated heterocycles. The minimum absolute atomic E-state index is 0.128. The summed E-state index contributed by atoms with van der Waals surface area (Å²) < 4.78 is 18.3. The molecule has 8 heteroatoms. The Morgan fingerprint density at radius 1 is 0.929 bits per heavy atom. The van der Waals surface area contributed by atoms with Crippen molar-refractivity contribution in [2.45, 2.75) is 6.54 Å². The number of benzene rings is 2. The molecule has 0 bridgehead atoms. The van der Waals surface area contributed by atoms with Gasteiger partial charge in [0.15, 0.2) is 0 Å². The van der Waals surface area contributed by atoms with Crippen molar-refractivity contribution in [2.24, 2.45) is 0 Å². The Hall–Kier alpha value is -3.68. The van der Waals surface area contributed by atoms with Gasteiger partial charge < -0.3 is 19.5 Å². The van der Waals surface area contributed by atoms with E-state index in [9.17, 15) is 9.59 Å². The molecule has 146 valence electrons. The van der Waals surface area contributed by atoms with Gasteiger partial charge in [0.2, 0.25) is 5.91 Å². The standard InChI is InChI=1S/C20H21N3O5/c1-26-15-6-4-14(5-7-15)23-11-10-22(20(23)25)13-19(24)21-17-9-8-16(27-2)12-18(17)28-3/h4-12H,13H2,1-3H3,(H,21,24). The third kappa shape index (κ3) is 4.01. The average Bonchev–Trinajstić information content (AvgIpc) is 3.08. The van der Waals surface area contributed by atoms with Gasteiger partial charge in [-0.1, -0.05) is 0 Å². The normalized spacial score (nSPS) is 10.4. The molecule has 0 saturated carbocycles. The summed E-state index contributed by atoms with van der Waals surface area (Å²) in [5.41, 5.74) is 0.861. The summed E-state index contributed by atoms with van der Waals surface area (Å²) in [6, 6.07) is 12.1. The van der Waals surface area contributed by atoms with E-state index in [2.05, 4.69) is 5.32 Å². The van der Waals surface area contributed by atoms with Crippen molar-refractivity contribution < 1.29 is 19.0 Å². The molecule has 1 amide bonds. The lowest BCUT2D eigenvalue weighted by atomic mass is 10.2. The third-order valence-corrected chi connectivity index (χ3v) is 4.19. The smallest absolute Gasteiger partial charge is 0.333 e. The summed E-state index contributed by atoms with van der Waals surface area (Å²) >= 11 is 0. The van der Waals surface area contributed by atoms with Crippen molar-refractivity contribution in [3.05, 3.63) is 65.3 Å². The molecule has 2 aromatic carbocycles. The molecule has 3 aromatic rings. The van der Waals surface area contributed by atoms with Gasteiger partial charge >= 0.3 is 5.69 Å². The van der Waals surface area contributed by atoms with Crippen molar-refractivity contribution >= 4 is 11.6 Å². The number of aromatic nitrogens is 2. The molecule has 0 aliphatic heterocycles. The Kier molecular flexibility index (Phi) is 5.69. The fourth-order valence-corrected chi connectivity index (χ4v) is 2.72. The zero-order valence-corrected chi connectivity index (χ0v) is 15.8. The summed E-state index contributed by atoms with van der Waals surface area (Å²) in [4.78, 5) is 25.0. The number of hydrogen-bond acceptors (Lipinski definition) is 5. The maximum Gasteiger partial charge on any atom is 0.333 e. The highest BCUT2D eigenvalue weighted by Crippen LogP contribution is 2.28. The van der Waals surface area contributed by atoms with E-state index in [0.717, 1.165) is 0 Å². The van der Waals surface area contributed by atoms with Crippen molar-refractivity contribution in [3.63, 3.8) is 0 Å². The van der Waals surface area contributed by atoms with Crippen LogP contribution in [0.4, 0.5) is 5.69 Å². The predicted molar refractivity (Wildman–Crippen MR) is 105 cm³/mol. The first-order chi connectivity index (χ1) is 13.5. The second kappa shape index (κ2) is 8.34. The van der Waals surface area contributed by atoms with Gasteiger partial charge in [0, 0.05) is 18.5 Å². The number of amides is 1. The van der Waals surface area contributed by atoms with E-state index in [4.69, 9.17) is 14.2 Å². The van der Waals surface area contributed by atoms with Gasteiger partial charge in [-0.25, -0.2) is 4.79 Å². The van der Waals surface area contributed by atoms with Crippen LogP contribution in [0, 0.1) is 0 Å². The second-order valence-corrected chi connectivity index (χ2v) is 5.89. The molecule has 0 radical (unpaired) electrons. The number of nitrogens with zero attached hydrogens (tertiary/aromatic N) is 2. The topological polar surface area (TPSA) is 83.7 Å². The lowest BCUT2D eigenvalue weighted by Crippen LogP contribution is -2.28. The summed E-state index contributed by atoms with van der Waals surface area (Å²) in [5, 5.41) is 2.75. The van der Waals surface area contributed by atoms with Crippen molar-refractivity contribution in [3.8, 4) is 22.9 Å². The molecular weight excluding hydrogens is 362 g/mol. The number of carbonyl (C=O) groups excluding carboxylic acids is 1. The van der Waals surface area contributed by atoms with Crippen LogP contribution in [-0.4, -0.2) is 36.4 Å². The summed E-state index contributed by atoms with van der Waals surface area (Å²) in [6.45, 7) is -0.128. The zero-order chi connectivity index (χ0) is 20.1. The molecule has 0 unspecified atom stereocenters. The van der Waals surface area contributed by atoms with Crippen molar-refractivity contribution in [1.29, 1.82) is 0 Å². The Morgan fingerprint density at radius 2 is 1.61 bits per heavy atom. The first-order valence-electron chi connectivity index (χ1n) is 8.50. The molecule has 1 heterocycles. The van der Waals surface area contributed by atoms with Crippen LogP contribution >= 0.6 is 0 Å². The molecular formula is C20H21N3O5. The first-order valence-corrected chi connectivity index (χ1v) is 8.50. The highest BCUT2D eigenvalue weighted by atomic mass is 16.5. The van der Waals surface area contributed by atoms with Crippen LogP contribution in [0.15, 0.2) is 59.7 Å². The minimum Gasteiger partial charge on any atom is -0.497 e. The number of hydrogen-bond donors (Lipinski definition) is 1. The number of rotatable bonds is 7. The Bertz CT molecular complexity index is 1020. The number of imidazole rings is 1. The fraction of sp³-hybridized carbons (Fsp3) is 0.200. The lowest BCUT2D eigenvalue weighted by molar-refractivity contribution is -0.116. The number of carbonyl (C=O) groups is 1. The predicted octanol–water partition coefficient (Wildman–Crippen LogP) is 2.30. The molecule has 0 aliphatic carbocycles. The second-order valence-electron chi connectivity index (χ2n) is 5.89. The van der Waals surface area contributed by atoms with E-state index in [1.165, 1.54) is 16.2 Å². The molecule has 1 aromatic heterocycles. The van der Waals surface area contributed by atoms with E-state index in [-0.39, 0.29) is 18.1 Å². The van der Waals surface area contributed by atoms with Gasteiger partial charge in [-0.3, -0.25) is 13.9 Å². The Labute approximate surface area is 161 Å². The monoisotopic (exact) mass is 383 g/mol. The highest BCUT2D eigenvalue weighted by Gasteiger charge is 2.12. The van der Waals surface area contributed by atoms with Gasteiger partial charge in [0.25, 0.3) is 0 Å². The van der Waals surface area contributed by atoms with E-state index >= 15 is 0 Å². The molecule has 0 atom stereocenters. The van der Waals surface area contributed by atoms with Crippen LogP contribution < -0.4 is 25.2 Å². The maximum absolute atomic E-state index is 12.6. The van der Waals surface area contributed by atoms with E-state index < -0.39 is 0 Å². The zero-order valence-electron chi connectivity index (χ0n) is 15.8. The lowest BCUT2D eigenvalue weighted by Gasteiger charge is -2.11. The number of anilines is 1. The van der Waals surface area contributed by atoms with Crippen LogP contribution in [0.25, 0.3) is 5.69 Å². The Morgan fingerprint density at radius 3 is 2.25 bits per heavy atom. The molecule has 28 heavy (non-hydrogen) atoms. The van der Waals surface area contributed by atoms with E-state index in [1.807, 2.05) is 0 Å². The highest BCUT2D eigenvalue weighted by molar-refractivity contribution is 5.92. The molecule has 3 rings (SSSR count). The number of nitrogens with one attached hydrogen (secondary N) is 1. The van der Waals surface area contributed by atoms with Crippen molar-refractivity contribution in [1.82, 2.24) is 9.13 Å². The molecule has 8 nitrogen and oxygen atoms in total. The van der Waals surface area contributed by atoms with Gasteiger partial charge in [-0.15, -0.1) is 0 Å². The number of methoxy groups -OCH3 is 3. The number of ether oxygens (including phenoxy) is 3. The molecule has 0 fully saturated rings. The largest absolute Gasteiger partial charge is 0.497 e. The summed E-state index contributed by atoms with van der Waals surface area (Å²) in [7, 11) is 4.63. The van der Waals surface area contributed by atoms with Gasteiger partial charge in [0.05, 0.1) is 32.7 Å². The summed E-state index contributed by atoms with van der Waals surface area (Å²) in [5.74, 6) is 1.43. The van der Waals surface area contributed by atoms with Crippen molar-refractivity contribution in [2.75, 3.05) is 26.6 Å². The van der Waals surface area contributed by atoms with E-state index in [1.54, 1.807) is 69.1 Å². The fourth-order valence-electron chi connectivity index (χ4n) is 2.72. The van der Waals surface area contributed by atoms with Gasteiger partial charge in [-0.2, -0.15) is 0 Å². The molecule has 0 aliphatic rings. The maximum atomic E-state index is 12.6. The van der Waals surface area contributed by atoms with Crippen LogP contribution in [0.1, 0.15) is 0 Å². The molecule has 0 spiro atoms. The Balaban J connectivity index is 1.75. The van der Waals surface area contributed by atoms with Gasteiger partial charge in [-0.05, 0) is 36.4 Å². The van der Waals surface area contributed by atoms with Gasteiger partial charge in [0.1, 0.15) is 23.8 Å². The van der Waals surface area contributed by atoms with Crippen LogP contribution in [0.2, 0.25) is 0 Å².